The number of ether oxygens (including phenoxy) is 1. The molecule has 0 N–H and O–H groups in total. The second-order valence-corrected chi connectivity index (χ2v) is 4.95. The molecule has 0 saturated heterocycles. The van der Waals surface area contributed by atoms with Gasteiger partial charge in [-0.05, 0) is 29.9 Å². The van der Waals surface area contributed by atoms with Gasteiger partial charge in [0.05, 0.1) is 6.61 Å². The van der Waals surface area contributed by atoms with Crippen LogP contribution in [0.2, 0.25) is 0 Å². The maximum atomic E-state index is 10.6. The Morgan fingerprint density at radius 2 is 2.12 bits per heavy atom. The molecule has 0 aliphatic rings. The van der Waals surface area contributed by atoms with E-state index in [0.29, 0.717) is 12.5 Å². The van der Waals surface area contributed by atoms with Gasteiger partial charge in [-0.1, -0.05) is 47.1 Å². The van der Waals surface area contributed by atoms with Crippen molar-refractivity contribution < 1.29 is 9.53 Å². The van der Waals surface area contributed by atoms with E-state index in [2.05, 4.69) is 47.1 Å². The molecule has 0 bridgehead atoms. The van der Waals surface area contributed by atoms with Crippen LogP contribution in [0.1, 0.15) is 31.4 Å². The maximum Gasteiger partial charge on any atom is 0.302 e. The Bertz CT molecular complexity index is 363. The fourth-order valence-electron chi connectivity index (χ4n) is 1.75. The zero-order valence-corrected chi connectivity index (χ0v) is 12.0. The second-order valence-electron chi connectivity index (χ2n) is 4.39. The number of esters is 1. The van der Waals surface area contributed by atoms with Crippen LogP contribution >= 0.6 is 15.9 Å². The van der Waals surface area contributed by atoms with Crippen LogP contribution < -0.4 is 0 Å². The van der Waals surface area contributed by atoms with Gasteiger partial charge in [0.25, 0.3) is 0 Å². The Balaban J connectivity index is 2.38. The fourth-order valence-corrected chi connectivity index (χ4v) is 2.10. The van der Waals surface area contributed by atoms with E-state index in [0.717, 1.165) is 18.2 Å². The Morgan fingerprint density at radius 3 is 2.76 bits per heavy atom. The lowest BCUT2D eigenvalue weighted by Crippen LogP contribution is -2.07. The molecule has 0 heterocycles. The lowest BCUT2D eigenvalue weighted by molar-refractivity contribution is -0.141. The van der Waals surface area contributed by atoms with Gasteiger partial charge in [0.1, 0.15) is 0 Å². The Hall–Kier alpha value is -0.830. The average Bonchev–Trinajstić information content (AvgIpc) is 2.28. The molecule has 94 valence electrons. The third kappa shape index (κ3) is 5.87. The first-order valence-corrected chi connectivity index (χ1v) is 7.01. The van der Waals surface area contributed by atoms with Crippen LogP contribution in [0.15, 0.2) is 24.3 Å². The van der Waals surface area contributed by atoms with E-state index < -0.39 is 0 Å². The van der Waals surface area contributed by atoms with E-state index in [9.17, 15) is 4.79 Å². The van der Waals surface area contributed by atoms with Crippen molar-refractivity contribution in [2.45, 2.75) is 32.0 Å². The summed E-state index contributed by atoms with van der Waals surface area (Å²) in [4.78, 5) is 10.6. The molecule has 0 fully saturated rings. The highest BCUT2D eigenvalue weighted by Crippen LogP contribution is 2.15. The van der Waals surface area contributed by atoms with Crippen LogP contribution in [-0.2, 0) is 21.3 Å². The predicted octanol–water partition coefficient (Wildman–Crippen LogP) is 3.71. The first kappa shape index (κ1) is 14.2. The van der Waals surface area contributed by atoms with Gasteiger partial charge in [-0.3, -0.25) is 4.79 Å². The van der Waals surface area contributed by atoms with Gasteiger partial charge in [-0.2, -0.15) is 0 Å². The highest BCUT2D eigenvalue weighted by molar-refractivity contribution is 9.08. The molecule has 17 heavy (non-hydrogen) atoms. The Morgan fingerprint density at radius 1 is 1.41 bits per heavy atom. The lowest BCUT2D eigenvalue weighted by Gasteiger charge is -2.11. The first-order chi connectivity index (χ1) is 8.11. The van der Waals surface area contributed by atoms with Gasteiger partial charge in [-0.15, -0.1) is 0 Å². The average molecular weight is 299 g/mol. The van der Waals surface area contributed by atoms with E-state index in [1.165, 1.54) is 18.1 Å². The van der Waals surface area contributed by atoms with Crippen LogP contribution in [-0.4, -0.2) is 12.6 Å². The number of carbonyl (C=O) groups excluding carboxylic acids is 1. The van der Waals surface area contributed by atoms with Crippen molar-refractivity contribution in [2.24, 2.45) is 5.92 Å². The Kier molecular flexibility index (Phi) is 6.27. The van der Waals surface area contributed by atoms with E-state index in [4.69, 9.17) is 4.74 Å². The highest BCUT2D eigenvalue weighted by atomic mass is 79.9. The molecule has 0 spiro atoms. The van der Waals surface area contributed by atoms with Crippen molar-refractivity contribution in [3.05, 3.63) is 35.4 Å². The largest absolute Gasteiger partial charge is 0.466 e. The minimum Gasteiger partial charge on any atom is -0.466 e. The fraction of sp³-hybridized carbons (Fsp3) is 0.500. The normalized spacial score (nSPS) is 12.2. The van der Waals surface area contributed by atoms with Gasteiger partial charge in [0, 0.05) is 12.3 Å². The van der Waals surface area contributed by atoms with Crippen LogP contribution in [0, 0.1) is 5.92 Å². The summed E-state index contributed by atoms with van der Waals surface area (Å²) in [7, 11) is 0. The van der Waals surface area contributed by atoms with Gasteiger partial charge in [0.15, 0.2) is 0 Å². The second kappa shape index (κ2) is 7.49. The van der Waals surface area contributed by atoms with Gasteiger partial charge in [0.2, 0.25) is 0 Å². The Labute approximate surface area is 111 Å². The van der Waals surface area contributed by atoms with Crippen LogP contribution in [0.4, 0.5) is 0 Å². The molecule has 3 heteroatoms. The summed E-state index contributed by atoms with van der Waals surface area (Å²) in [6.45, 7) is 4.16. The van der Waals surface area contributed by atoms with Gasteiger partial charge < -0.3 is 4.74 Å². The lowest BCUT2D eigenvalue weighted by atomic mass is 9.97. The molecule has 0 amide bonds. The molecule has 1 rings (SSSR count). The van der Waals surface area contributed by atoms with E-state index >= 15 is 0 Å². The molecule has 0 radical (unpaired) electrons. The summed E-state index contributed by atoms with van der Waals surface area (Å²) < 4.78 is 4.95. The molecular weight excluding hydrogens is 280 g/mol. The summed E-state index contributed by atoms with van der Waals surface area (Å²) in [6, 6.07) is 8.57. The van der Waals surface area contributed by atoms with E-state index in [1.807, 2.05) is 0 Å². The molecular formula is C14H19BrO2. The molecule has 2 nitrogen and oxygen atoms in total. The number of rotatable bonds is 6. The van der Waals surface area contributed by atoms with Gasteiger partial charge in [-0.25, -0.2) is 0 Å². The molecule has 0 aliphatic carbocycles. The van der Waals surface area contributed by atoms with Crippen molar-refractivity contribution in [3.63, 3.8) is 0 Å². The highest BCUT2D eigenvalue weighted by Gasteiger charge is 2.05. The van der Waals surface area contributed by atoms with Crippen molar-refractivity contribution in [1.82, 2.24) is 0 Å². The maximum absolute atomic E-state index is 10.6. The SMILES string of the molecule is CC(=O)OCCC(C)Cc1cccc(CBr)c1. The minimum absolute atomic E-state index is 0.196. The van der Waals surface area contributed by atoms with E-state index in [-0.39, 0.29) is 5.97 Å². The minimum atomic E-state index is -0.196. The number of benzene rings is 1. The number of halogens is 1. The number of carbonyl (C=O) groups is 1. The first-order valence-electron chi connectivity index (χ1n) is 5.89. The molecule has 0 aliphatic heterocycles. The van der Waals surface area contributed by atoms with Crippen LogP contribution in [0.25, 0.3) is 0 Å². The summed E-state index contributed by atoms with van der Waals surface area (Å²) >= 11 is 3.46. The zero-order chi connectivity index (χ0) is 12.7. The molecule has 1 atom stereocenters. The zero-order valence-electron chi connectivity index (χ0n) is 10.4. The number of alkyl halides is 1. The third-order valence-electron chi connectivity index (χ3n) is 2.65. The van der Waals surface area contributed by atoms with Crippen molar-refractivity contribution >= 4 is 21.9 Å². The summed E-state index contributed by atoms with van der Waals surface area (Å²) in [5, 5.41) is 0.892. The third-order valence-corrected chi connectivity index (χ3v) is 3.29. The van der Waals surface area contributed by atoms with Crippen molar-refractivity contribution in [1.29, 1.82) is 0 Å². The van der Waals surface area contributed by atoms with Crippen molar-refractivity contribution in [3.8, 4) is 0 Å². The monoisotopic (exact) mass is 298 g/mol. The molecule has 1 aromatic carbocycles. The smallest absolute Gasteiger partial charge is 0.302 e. The predicted molar refractivity (Wildman–Crippen MR) is 73.2 cm³/mol. The summed E-state index contributed by atoms with van der Waals surface area (Å²) in [5.41, 5.74) is 2.65. The summed E-state index contributed by atoms with van der Waals surface area (Å²) in [5.74, 6) is 0.332. The molecule has 1 aromatic rings. The quantitative estimate of drug-likeness (QED) is 0.591. The van der Waals surface area contributed by atoms with Crippen LogP contribution in [0.3, 0.4) is 0 Å². The summed E-state index contributed by atoms with van der Waals surface area (Å²) in [6.07, 6.45) is 1.94. The molecule has 0 aromatic heterocycles. The number of hydrogen-bond acceptors (Lipinski definition) is 2. The topological polar surface area (TPSA) is 26.3 Å². The van der Waals surface area contributed by atoms with Crippen LogP contribution in [0.5, 0.6) is 0 Å². The molecule has 1 unspecified atom stereocenters. The van der Waals surface area contributed by atoms with E-state index in [1.54, 1.807) is 0 Å². The number of hydrogen-bond donors (Lipinski definition) is 0. The molecule has 0 saturated carbocycles. The standard InChI is InChI=1S/C14H19BrO2/c1-11(6-7-17-12(2)16)8-13-4-3-5-14(9-13)10-15/h3-5,9,11H,6-8,10H2,1-2H3. The van der Waals surface area contributed by atoms with Crippen molar-refractivity contribution in [2.75, 3.05) is 6.61 Å². The van der Waals surface area contributed by atoms with Gasteiger partial charge >= 0.3 is 5.97 Å².